The van der Waals surface area contributed by atoms with E-state index in [4.69, 9.17) is 0 Å². The Balaban J connectivity index is 2.74. The fraction of sp³-hybridized carbons (Fsp3) is 0.333. The van der Waals surface area contributed by atoms with Crippen molar-refractivity contribution in [2.75, 3.05) is 11.8 Å². The summed E-state index contributed by atoms with van der Waals surface area (Å²) < 4.78 is 0. The average Bonchev–Trinajstić information content (AvgIpc) is 2.06. The number of nitrogens with one attached hydrogen (secondary N) is 1. The molecule has 0 radical (unpaired) electrons. The first-order chi connectivity index (χ1) is 5.36. The zero-order valence-electron chi connectivity index (χ0n) is 7.02. The lowest BCUT2D eigenvalue weighted by Gasteiger charge is -2.03. The van der Waals surface area contributed by atoms with Crippen molar-refractivity contribution in [3.05, 3.63) is 29.8 Å². The second-order valence-corrected chi connectivity index (χ2v) is 3.18. The maximum Gasteiger partial charge on any atom is 0.0373 e. The third-order valence-corrected chi connectivity index (χ3v) is 2.14. The maximum absolute atomic E-state index is 3.31. The van der Waals surface area contributed by atoms with Crippen molar-refractivity contribution in [3.8, 4) is 0 Å². The van der Waals surface area contributed by atoms with Gasteiger partial charge in [0.1, 0.15) is 0 Å². The highest BCUT2D eigenvalue weighted by Crippen LogP contribution is 2.15. The van der Waals surface area contributed by atoms with Crippen molar-refractivity contribution in [1.82, 2.24) is 0 Å². The highest BCUT2D eigenvalue weighted by molar-refractivity contribution is 7.38. The van der Waals surface area contributed by atoms with Crippen molar-refractivity contribution in [2.24, 2.45) is 0 Å². The molecule has 0 heterocycles. The molecule has 1 rings (SSSR count). The third kappa shape index (κ3) is 2.51. The average molecular weight is 167 g/mol. The molecule has 11 heavy (non-hydrogen) atoms. The molecular formula is C9H14NP. The lowest BCUT2D eigenvalue weighted by atomic mass is 10.1. The molecule has 1 N–H and O–H groups in total. The van der Waals surface area contributed by atoms with Crippen LogP contribution in [0, 0.1) is 0 Å². The molecule has 0 bridgehead atoms. The Bertz CT molecular complexity index is 223. The molecule has 0 saturated heterocycles. The van der Waals surface area contributed by atoms with Gasteiger partial charge in [-0.3, -0.25) is 0 Å². The monoisotopic (exact) mass is 167 g/mol. The molecule has 60 valence electrons. The van der Waals surface area contributed by atoms with Gasteiger partial charge in [-0.25, -0.2) is 0 Å². The van der Waals surface area contributed by atoms with Gasteiger partial charge in [0.15, 0.2) is 0 Å². The van der Waals surface area contributed by atoms with Crippen LogP contribution in [0.2, 0.25) is 0 Å². The lowest BCUT2D eigenvalue weighted by molar-refractivity contribution is 1.14. The van der Waals surface area contributed by atoms with E-state index in [-0.39, 0.29) is 0 Å². The van der Waals surface area contributed by atoms with E-state index in [2.05, 4.69) is 42.9 Å². The summed E-state index contributed by atoms with van der Waals surface area (Å²) in [4.78, 5) is 0. The Labute approximate surface area is 70.0 Å². The van der Waals surface area contributed by atoms with E-state index in [1.165, 1.54) is 11.3 Å². The molecule has 0 aliphatic heterocycles. The van der Waals surface area contributed by atoms with Gasteiger partial charge in [0.2, 0.25) is 0 Å². The summed E-state index contributed by atoms with van der Waals surface area (Å²) in [6.07, 6.45) is 1.11. The molecule has 1 aromatic carbocycles. The van der Waals surface area contributed by atoms with Crippen LogP contribution in [-0.2, 0) is 6.42 Å². The Morgan fingerprint density at radius 3 is 2.91 bits per heavy atom. The van der Waals surface area contributed by atoms with Crippen LogP contribution in [0.1, 0.15) is 12.5 Å². The van der Waals surface area contributed by atoms with Gasteiger partial charge in [0, 0.05) is 5.69 Å². The van der Waals surface area contributed by atoms with Gasteiger partial charge in [0.25, 0.3) is 0 Å². The van der Waals surface area contributed by atoms with E-state index in [9.17, 15) is 0 Å². The summed E-state index contributed by atoms with van der Waals surface area (Å²) in [5.74, 6) is 0. The molecule has 1 unspecified atom stereocenters. The summed E-state index contributed by atoms with van der Waals surface area (Å²) in [6, 6.07) is 8.57. The largest absolute Gasteiger partial charge is 0.367 e. The minimum absolute atomic E-state index is 0.783. The van der Waals surface area contributed by atoms with Gasteiger partial charge in [-0.1, -0.05) is 19.1 Å². The number of aryl methyl sites for hydroxylation is 1. The topological polar surface area (TPSA) is 12.0 Å². The third-order valence-electron chi connectivity index (χ3n) is 1.60. The minimum atomic E-state index is 0.783. The molecular weight excluding hydrogens is 153 g/mol. The van der Waals surface area contributed by atoms with E-state index in [1.807, 2.05) is 0 Å². The second kappa shape index (κ2) is 4.35. The van der Waals surface area contributed by atoms with Gasteiger partial charge in [-0.2, -0.15) is 0 Å². The minimum Gasteiger partial charge on any atom is -0.367 e. The molecule has 2 heteroatoms. The van der Waals surface area contributed by atoms with E-state index >= 15 is 0 Å². The van der Waals surface area contributed by atoms with Crippen LogP contribution in [0.5, 0.6) is 0 Å². The van der Waals surface area contributed by atoms with Crippen LogP contribution >= 0.6 is 8.73 Å². The zero-order valence-corrected chi connectivity index (χ0v) is 8.02. The SMILES string of the molecule is CCc1cccc(NPC)c1. The number of hydrogen-bond acceptors (Lipinski definition) is 1. The number of hydrogen-bond donors (Lipinski definition) is 1. The summed E-state index contributed by atoms with van der Waals surface area (Å²) >= 11 is 0. The van der Waals surface area contributed by atoms with E-state index in [1.54, 1.807) is 0 Å². The molecule has 0 aliphatic carbocycles. The summed E-state index contributed by atoms with van der Waals surface area (Å²) in [7, 11) is 0.783. The Morgan fingerprint density at radius 1 is 1.45 bits per heavy atom. The van der Waals surface area contributed by atoms with Crippen LogP contribution in [0.3, 0.4) is 0 Å². The van der Waals surface area contributed by atoms with Crippen LogP contribution < -0.4 is 5.09 Å². The van der Waals surface area contributed by atoms with Crippen LogP contribution in [0.25, 0.3) is 0 Å². The maximum atomic E-state index is 3.31. The summed E-state index contributed by atoms with van der Waals surface area (Å²) in [6.45, 7) is 4.31. The molecule has 0 fully saturated rings. The van der Waals surface area contributed by atoms with Crippen molar-refractivity contribution in [1.29, 1.82) is 0 Å². The van der Waals surface area contributed by atoms with Gasteiger partial charge in [0.05, 0.1) is 0 Å². The number of rotatable bonds is 3. The molecule has 1 atom stereocenters. The molecule has 0 saturated carbocycles. The normalized spacial score (nSPS) is 10.7. The van der Waals surface area contributed by atoms with E-state index in [0.717, 1.165) is 15.2 Å². The smallest absolute Gasteiger partial charge is 0.0373 e. The van der Waals surface area contributed by atoms with E-state index < -0.39 is 0 Å². The molecule has 1 aromatic rings. The van der Waals surface area contributed by atoms with Crippen LogP contribution in [0.4, 0.5) is 5.69 Å². The Kier molecular flexibility index (Phi) is 3.38. The van der Waals surface area contributed by atoms with Crippen molar-refractivity contribution in [3.63, 3.8) is 0 Å². The molecule has 0 amide bonds. The Hall–Kier alpha value is -0.550. The highest BCUT2D eigenvalue weighted by atomic mass is 31.1. The molecule has 0 spiro atoms. The second-order valence-electron chi connectivity index (χ2n) is 2.43. The standard InChI is InChI=1S/C9H14NP/c1-3-8-5-4-6-9(7-8)10-11-2/h4-7,10-11H,3H2,1-2H3. The van der Waals surface area contributed by atoms with E-state index in [0.29, 0.717) is 0 Å². The van der Waals surface area contributed by atoms with Gasteiger partial charge >= 0.3 is 0 Å². The quantitative estimate of drug-likeness (QED) is 0.682. The predicted octanol–water partition coefficient (Wildman–Crippen LogP) is 2.88. The molecule has 1 nitrogen and oxygen atoms in total. The fourth-order valence-corrected chi connectivity index (χ4v) is 1.46. The lowest BCUT2D eigenvalue weighted by Crippen LogP contribution is -1.84. The van der Waals surface area contributed by atoms with Crippen molar-refractivity contribution < 1.29 is 0 Å². The first kappa shape index (κ1) is 8.55. The summed E-state index contributed by atoms with van der Waals surface area (Å²) in [5, 5.41) is 3.31. The number of benzene rings is 1. The Morgan fingerprint density at radius 2 is 2.27 bits per heavy atom. The fourth-order valence-electron chi connectivity index (χ4n) is 1.01. The van der Waals surface area contributed by atoms with Crippen molar-refractivity contribution in [2.45, 2.75) is 13.3 Å². The molecule has 0 aromatic heterocycles. The first-order valence-electron chi connectivity index (χ1n) is 3.88. The van der Waals surface area contributed by atoms with Crippen molar-refractivity contribution >= 4 is 14.4 Å². The van der Waals surface area contributed by atoms with Gasteiger partial charge in [-0.05, 0) is 39.5 Å². The van der Waals surface area contributed by atoms with Crippen LogP contribution in [-0.4, -0.2) is 6.66 Å². The van der Waals surface area contributed by atoms with Gasteiger partial charge < -0.3 is 5.09 Å². The first-order valence-corrected chi connectivity index (χ1v) is 5.38. The summed E-state index contributed by atoms with van der Waals surface area (Å²) in [5.41, 5.74) is 2.64. The number of anilines is 1. The van der Waals surface area contributed by atoms with Gasteiger partial charge in [-0.15, -0.1) is 0 Å². The highest BCUT2D eigenvalue weighted by Gasteiger charge is 1.90. The zero-order chi connectivity index (χ0) is 8.10. The predicted molar refractivity (Wildman–Crippen MR) is 53.7 cm³/mol. The van der Waals surface area contributed by atoms with Crippen LogP contribution in [0.15, 0.2) is 24.3 Å². The molecule has 0 aliphatic rings.